The fourth-order valence-corrected chi connectivity index (χ4v) is 1.38. The van der Waals surface area contributed by atoms with E-state index in [4.69, 9.17) is 15.6 Å². The van der Waals surface area contributed by atoms with Crippen molar-refractivity contribution in [3.63, 3.8) is 0 Å². The van der Waals surface area contributed by atoms with E-state index in [1.807, 2.05) is 24.3 Å². The average Bonchev–Trinajstić information content (AvgIpc) is 2.27. The Hall–Kier alpha value is -1.06. The molecule has 0 fully saturated rings. The molecule has 3 heteroatoms. The highest BCUT2D eigenvalue weighted by molar-refractivity contribution is 5.35. The lowest BCUT2D eigenvalue weighted by molar-refractivity contribution is 0.145. The van der Waals surface area contributed by atoms with Crippen LogP contribution in [-0.4, -0.2) is 23.9 Å². The molecular weight excluding hydrogens is 202 g/mol. The number of para-hydroxylation sites is 1. The van der Waals surface area contributed by atoms with E-state index in [1.165, 1.54) is 0 Å². The summed E-state index contributed by atoms with van der Waals surface area (Å²) in [5.74, 6) is 1.26. The van der Waals surface area contributed by atoms with Gasteiger partial charge in [-0.1, -0.05) is 32.0 Å². The maximum Gasteiger partial charge on any atom is 0.122 e. The SMILES string of the molecule is CC(C)c1ccccc1OCC(C)(N)CO. The van der Waals surface area contributed by atoms with Gasteiger partial charge in [-0.2, -0.15) is 0 Å². The highest BCUT2D eigenvalue weighted by Crippen LogP contribution is 2.26. The molecule has 0 aliphatic carbocycles. The van der Waals surface area contributed by atoms with Crippen molar-refractivity contribution in [2.24, 2.45) is 5.73 Å². The highest BCUT2D eigenvalue weighted by Gasteiger charge is 2.18. The molecule has 1 atom stereocenters. The van der Waals surface area contributed by atoms with E-state index in [0.29, 0.717) is 12.5 Å². The number of nitrogens with two attached hydrogens (primary N) is 1. The topological polar surface area (TPSA) is 55.5 Å². The number of ether oxygens (including phenoxy) is 1. The lowest BCUT2D eigenvalue weighted by atomic mass is 10.0. The number of aliphatic hydroxyl groups excluding tert-OH is 1. The van der Waals surface area contributed by atoms with Gasteiger partial charge in [-0.15, -0.1) is 0 Å². The Labute approximate surface area is 97.2 Å². The Kier molecular flexibility index (Phi) is 4.33. The molecule has 1 aromatic carbocycles. The van der Waals surface area contributed by atoms with Gasteiger partial charge in [-0.3, -0.25) is 0 Å². The summed E-state index contributed by atoms with van der Waals surface area (Å²) in [6.45, 7) is 6.24. The molecule has 0 spiro atoms. The van der Waals surface area contributed by atoms with Crippen LogP contribution in [0.5, 0.6) is 5.75 Å². The smallest absolute Gasteiger partial charge is 0.122 e. The van der Waals surface area contributed by atoms with E-state index in [1.54, 1.807) is 6.92 Å². The van der Waals surface area contributed by atoms with E-state index in [-0.39, 0.29) is 6.61 Å². The molecule has 0 aliphatic heterocycles. The van der Waals surface area contributed by atoms with E-state index < -0.39 is 5.54 Å². The first-order chi connectivity index (χ1) is 7.46. The number of benzene rings is 1. The Balaban J connectivity index is 2.74. The third-order valence-corrected chi connectivity index (χ3v) is 2.46. The van der Waals surface area contributed by atoms with Gasteiger partial charge in [0, 0.05) is 0 Å². The fourth-order valence-electron chi connectivity index (χ4n) is 1.38. The first kappa shape index (κ1) is 13.0. The van der Waals surface area contributed by atoms with Crippen LogP contribution in [0.4, 0.5) is 0 Å². The second-order valence-corrected chi connectivity index (χ2v) is 4.79. The molecule has 1 unspecified atom stereocenters. The van der Waals surface area contributed by atoms with Crippen LogP contribution in [0.15, 0.2) is 24.3 Å². The fraction of sp³-hybridized carbons (Fsp3) is 0.538. The summed E-state index contributed by atoms with van der Waals surface area (Å²) in [6, 6.07) is 7.92. The molecule has 3 N–H and O–H groups in total. The lowest BCUT2D eigenvalue weighted by Gasteiger charge is -2.23. The van der Waals surface area contributed by atoms with Crippen LogP contribution in [0.1, 0.15) is 32.3 Å². The Morgan fingerprint density at radius 1 is 1.38 bits per heavy atom. The molecule has 0 saturated carbocycles. The molecule has 0 amide bonds. The Bertz CT molecular complexity index is 334. The molecule has 0 bridgehead atoms. The summed E-state index contributed by atoms with van der Waals surface area (Å²) in [6.07, 6.45) is 0. The van der Waals surface area contributed by atoms with Gasteiger partial charge in [0.25, 0.3) is 0 Å². The largest absolute Gasteiger partial charge is 0.491 e. The quantitative estimate of drug-likeness (QED) is 0.801. The molecule has 3 nitrogen and oxygen atoms in total. The van der Waals surface area contributed by atoms with E-state index in [2.05, 4.69) is 13.8 Å². The summed E-state index contributed by atoms with van der Waals surface area (Å²) < 4.78 is 5.67. The maximum absolute atomic E-state index is 9.05. The molecule has 0 aromatic heterocycles. The highest BCUT2D eigenvalue weighted by atomic mass is 16.5. The first-order valence-corrected chi connectivity index (χ1v) is 5.58. The number of rotatable bonds is 5. The lowest BCUT2D eigenvalue weighted by Crippen LogP contribution is -2.46. The molecule has 16 heavy (non-hydrogen) atoms. The monoisotopic (exact) mass is 223 g/mol. The summed E-state index contributed by atoms with van der Waals surface area (Å²) in [7, 11) is 0. The van der Waals surface area contributed by atoms with Gasteiger partial charge >= 0.3 is 0 Å². The molecule has 1 aromatic rings. The zero-order valence-corrected chi connectivity index (χ0v) is 10.2. The van der Waals surface area contributed by atoms with Gasteiger partial charge in [0.1, 0.15) is 12.4 Å². The molecule has 0 saturated heterocycles. The maximum atomic E-state index is 9.05. The second kappa shape index (κ2) is 5.32. The van der Waals surface area contributed by atoms with Gasteiger partial charge in [0.15, 0.2) is 0 Å². The Morgan fingerprint density at radius 2 is 2.00 bits per heavy atom. The summed E-state index contributed by atoms with van der Waals surface area (Å²) >= 11 is 0. The third-order valence-electron chi connectivity index (χ3n) is 2.46. The minimum Gasteiger partial charge on any atom is -0.491 e. The van der Waals surface area contributed by atoms with E-state index >= 15 is 0 Å². The van der Waals surface area contributed by atoms with Crippen molar-refractivity contribution in [3.8, 4) is 5.75 Å². The molecule has 1 rings (SSSR count). The van der Waals surface area contributed by atoms with Crippen molar-refractivity contribution >= 4 is 0 Å². The van der Waals surface area contributed by atoms with Crippen molar-refractivity contribution in [2.45, 2.75) is 32.2 Å². The minimum absolute atomic E-state index is 0.0865. The average molecular weight is 223 g/mol. The van der Waals surface area contributed by atoms with E-state index in [9.17, 15) is 0 Å². The number of hydrogen-bond acceptors (Lipinski definition) is 3. The van der Waals surface area contributed by atoms with Crippen molar-refractivity contribution in [2.75, 3.05) is 13.2 Å². The third kappa shape index (κ3) is 3.51. The van der Waals surface area contributed by atoms with Crippen LogP contribution >= 0.6 is 0 Å². The van der Waals surface area contributed by atoms with Gasteiger partial charge in [0.2, 0.25) is 0 Å². The van der Waals surface area contributed by atoms with Crippen LogP contribution in [0, 0.1) is 0 Å². The van der Waals surface area contributed by atoms with Gasteiger partial charge in [-0.05, 0) is 24.5 Å². The summed E-state index contributed by atoms with van der Waals surface area (Å²) in [5, 5.41) is 9.05. The van der Waals surface area contributed by atoms with Gasteiger partial charge in [-0.25, -0.2) is 0 Å². The van der Waals surface area contributed by atoms with Crippen molar-refractivity contribution in [3.05, 3.63) is 29.8 Å². The van der Waals surface area contributed by atoms with Crippen LogP contribution in [0.25, 0.3) is 0 Å². The second-order valence-electron chi connectivity index (χ2n) is 4.79. The molecule has 0 aliphatic rings. The van der Waals surface area contributed by atoms with Crippen molar-refractivity contribution < 1.29 is 9.84 Å². The van der Waals surface area contributed by atoms with Crippen LogP contribution in [0.2, 0.25) is 0 Å². The zero-order chi connectivity index (χ0) is 12.2. The van der Waals surface area contributed by atoms with Crippen molar-refractivity contribution in [1.82, 2.24) is 0 Å². The van der Waals surface area contributed by atoms with E-state index in [0.717, 1.165) is 11.3 Å². The van der Waals surface area contributed by atoms with Gasteiger partial charge in [0.05, 0.1) is 12.1 Å². The normalized spacial score (nSPS) is 14.9. The number of hydrogen-bond donors (Lipinski definition) is 2. The minimum atomic E-state index is -0.690. The molecule has 0 radical (unpaired) electrons. The molecule has 0 heterocycles. The van der Waals surface area contributed by atoms with Crippen LogP contribution in [-0.2, 0) is 0 Å². The first-order valence-electron chi connectivity index (χ1n) is 5.58. The molecule has 90 valence electrons. The van der Waals surface area contributed by atoms with Gasteiger partial charge < -0.3 is 15.6 Å². The number of aliphatic hydroxyl groups is 1. The van der Waals surface area contributed by atoms with Crippen molar-refractivity contribution in [1.29, 1.82) is 0 Å². The standard InChI is InChI=1S/C13H21NO2/c1-10(2)11-6-4-5-7-12(11)16-9-13(3,14)8-15/h4-7,10,15H,8-9,14H2,1-3H3. The Morgan fingerprint density at radius 3 is 2.56 bits per heavy atom. The summed E-state index contributed by atoms with van der Waals surface area (Å²) in [5.41, 5.74) is 6.29. The summed E-state index contributed by atoms with van der Waals surface area (Å²) in [4.78, 5) is 0. The predicted molar refractivity (Wildman–Crippen MR) is 65.7 cm³/mol. The van der Waals surface area contributed by atoms with Crippen LogP contribution < -0.4 is 10.5 Å². The zero-order valence-electron chi connectivity index (χ0n) is 10.2. The predicted octanol–water partition coefficient (Wildman–Crippen LogP) is 1.90. The molecular formula is C13H21NO2. The van der Waals surface area contributed by atoms with Crippen LogP contribution in [0.3, 0.4) is 0 Å².